The molecule has 116 valence electrons. The molecule has 0 radical (unpaired) electrons. The maximum absolute atomic E-state index is 12.3. The van der Waals surface area contributed by atoms with E-state index in [0.29, 0.717) is 12.5 Å². The molecule has 0 spiro atoms. The standard InChI is InChI=1S/C18H21NO2S/c1-4-21-17(20)18(2,3)14-9-10-22-16(14)13-7-8-15(19-11-13)12-5-6-12/h7-12H,4-6H2,1-3H3. The zero-order valence-corrected chi connectivity index (χ0v) is 14.1. The number of carbonyl (C=O) groups is 1. The summed E-state index contributed by atoms with van der Waals surface area (Å²) in [4.78, 5) is 18.0. The van der Waals surface area contributed by atoms with E-state index in [2.05, 4.69) is 17.1 Å². The Kier molecular flexibility index (Phi) is 4.04. The van der Waals surface area contributed by atoms with Gasteiger partial charge in [0.2, 0.25) is 0 Å². The van der Waals surface area contributed by atoms with Crippen molar-refractivity contribution in [3.63, 3.8) is 0 Å². The number of thiophene rings is 1. The van der Waals surface area contributed by atoms with Crippen molar-refractivity contribution in [3.8, 4) is 10.4 Å². The topological polar surface area (TPSA) is 39.2 Å². The van der Waals surface area contributed by atoms with Crippen LogP contribution >= 0.6 is 11.3 Å². The Morgan fingerprint density at radius 1 is 1.36 bits per heavy atom. The summed E-state index contributed by atoms with van der Waals surface area (Å²) in [5, 5.41) is 2.03. The molecule has 2 aromatic heterocycles. The summed E-state index contributed by atoms with van der Waals surface area (Å²) in [6, 6.07) is 6.26. The molecule has 0 atom stereocenters. The van der Waals surface area contributed by atoms with Crippen LogP contribution in [0.4, 0.5) is 0 Å². The molecule has 0 aromatic carbocycles. The molecule has 1 aliphatic rings. The van der Waals surface area contributed by atoms with Crippen LogP contribution in [0.2, 0.25) is 0 Å². The van der Waals surface area contributed by atoms with Gasteiger partial charge in [-0.05, 0) is 56.7 Å². The van der Waals surface area contributed by atoms with E-state index in [1.54, 1.807) is 11.3 Å². The molecule has 1 fully saturated rings. The van der Waals surface area contributed by atoms with Crippen LogP contribution in [-0.4, -0.2) is 17.6 Å². The Labute approximate surface area is 135 Å². The van der Waals surface area contributed by atoms with E-state index in [9.17, 15) is 4.79 Å². The van der Waals surface area contributed by atoms with Crippen LogP contribution in [0.3, 0.4) is 0 Å². The number of aromatic nitrogens is 1. The molecule has 2 aromatic rings. The maximum Gasteiger partial charge on any atom is 0.316 e. The zero-order valence-electron chi connectivity index (χ0n) is 13.3. The predicted octanol–water partition coefficient (Wildman–Crippen LogP) is 4.53. The van der Waals surface area contributed by atoms with Crippen molar-refractivity contribution in [2.45, 2.75) is 44.9 Å². The average Bonchev–Trinajstić information content (AvgIpc) is 3.24. The molecule has 1 aliphatic carbocycles. The molecule has 3 nitrogen and oxygen atoms in total. The molecule has 2 heterocycles. The smallest absolute Gasteiger partial charge is 0.316 e. The van der Waals surface area contributed by atoms with Crippen LogP contribution < -0.4 is 0 Å². The third kappa shape index (κ3) is 2.80. The lowest BCUT2D eigenvalue weighted by molar-refractivity contribution is -0.148. The van der Waals surface area contributed by atoms with Crippen LogP contribution in [-0.2, 0) is 14.9 Å². The van der Waals surface area contributed by atoms with E-state index >= 15 is 0 Å². The van der Waals surface area contributed by atoms with Crippen LogP contribution in [0.5, 0.6) is 0 Å². The van der Waals surface area contributed by atoms with Crippen molar-refractivity contribution in [3.05, 3.63) is 41.0 Å². The van der Waals surface area contributed by atoms with E-state index in [1.165, 1.54) is 18.5 Å². The Balaban J connectivity index is 1.92. The minimum absolute atomic E-state index is 0.183. The molecule has 0 saturated heterocycles. The first-order valence-corrected chi connectivity index (χ1v) is 8.63. The van der Waals surface area contributed by atoms with Crippen LogP contribution in [0.1, 0.15) is 50.8 Å². The van der Waals surface area contributed by atoms with E-state index in [-0.39, 0.29) is 5.97 Å². The normalized spacial score (nSPS) is 14.9. The van der Waals surface area contributed by atoms with Gasteiger partial charge in [0, 0.05) is 28.2 Å². The SMILES string of the molecule is CCOC(=O)C(C)(C)c1ccsc1-c1ccc(C2CC2)nc1. The van der Waals surface area contributed by atoms with Gasteiger partial charge in [-0.3, -0.25) is 9.78 Å². The molecule has 0 bridgehead atoms. The third-order valence-electron chi connectivity index (χ3n) is 4.17. The van der Waals surface area contributed by atoms with E-state index in [0.717, 1.165) is 16.0 Å². The quantitative estimate of drug-likeness (QED) is 0.761. The summed E-state index contributed by atoms with van der Waals surface area (Å²) in [5.74, 6) is 0.477. The number of carbonyl (C=O) groups excluding carboxylic acids is 1. The predicted molar refractivity (Wildman–Crippen MR) is 89.2 cm³/mol. The minimum Gasteiger partial charge on any atom is -0.465 e. The van der Waals surface area contributed by atoms with Gasteiger partial charge in [-0.2, -0.15) is 0 Å². The number of ether oxygens (including phenoxy) is 1. The van der Waals surface area contributed by atoms with Gasteiger partial charge in [0.15, 0.2) is 0 Å². The van der Waals surface area contributed by atoms with Gasteiger partial charge in [0.25, 0.3) is 0 Å². The number of nitrogens with zero attached hydrogens (tertiary/aromatic N) is 1. The van der Waals surface area contributed by atoms with E-state index in [4.69, 9.17) is 4.74 Å². The van der Waals surface area contributed by atoms with E-state index in [1.807, 2.05) is 38.4 Å². The number of rotatable bonds is 5. The zero-order chi connectivity index (χ0) is 15.7. The van der Waals surface area contributed by atoms with Gasteiger partial charge in [-0.15, -0.1) is 11.3 Å². The number of esters is 1. The highest BCUT2D eigenvalue weighted by molar-refractivity contribution is 7.13. The molecule has 0 unspecified atom stereocenters. The first kappa shape index (κ1) is 15.2. The van der Waals surface area contributed by atoms with Crippen LogP contribution in [0.25, 0.3) is 10.4 Å². The van der Waals surface area contributed by atoms with Crippen molar-refractivity contribution < 1.29 is 9.53 Å². The second-order valence-corrected chi connectivity index (χ2v) is 7.17. The van der Waals surface area contributed by atoms with Crippen molar-refractivity contribution in [1.29, 1.82) is 0 Å². The second-order valence-electron chi connectivity index (χ2n) is 6.25. The van der Waals surface area contributed by atoms with Crippen LogP contribution in [0.15, 0.2) is 29.8 Å². The number of hydrogen-bond acceptors (Lipinski definition) is 4. The minimum atomic E-state index is -0.652. The summed E-state index contributed by atoms with van der Waals surface area (Å²) in [6.07, 6.45) is 4.45. The lowest BCUT2D eigenvalue weighted by Gasteiger charge is -2.23. The Bertz CT molecular complexity index is 669. The van der Waals surface area contributed by atoms with Crippen molar-refractivity contribution in [2.24, 2.45) is 0 Å². The average molecular weight is 315 g/mol. The lowest BCUT2D eigenvalue weighted by atomic mass is 9.84. The van der Waals surface area contributed by atoms with Crippen molar-refractivity contribution >= 4 is 17.3 Å². The fourth-order valence-electron chi connectivity index (χ4n) is 2.61. The van der Waals surface area contributed by atoms with Gasteiger partial charge in [0.05, 0.1) is 12.0 Å². The third-order valence-corrected chi connectivity index (χ3v) is 5.13. The molecular formula is C18H21NO2S. The van der Waals surface area contributed by atoms with Crippen molar-refractivity contribution in [1.82, 2.24) is 4.98 Å². The molecule has 22 heavy (non-hydrogen) atoms. The van der Waals surface area contributed by atoms with Gasteiger partial charge < -0.3 is 4.74 Å². The number of pyridine rings is 1. The van der Waals surface area contributed by atoms with Crippen molar-refractivity contribution in [2.75, 3.05) is 6.61 Å². The van der Waals surface area contributed by atoms with Gasteiger partial charge in [0.1, 0.15) is 0 Å². The lowest BCUT2D eigenvalue weighted by Crippen LogP contribution is -2.31. The summed E-state index contributed by atoms with van der Waals surface area (Å²) in [7, 11) is 0. The second kappa shape index (κ2) is 5.84. The Morgan fingerprint density at radius 2 is 2.14 bits per heavy atom. The van der Waals surface area contributed by atoms with E-state index < -0.39 is 5.41 Å². The Hall–Kier alpha value is -1.68. The van der Waals surface area contributed by atoms with Crippen LogP contribution in [0, 0.1) is 0 Å². The summed E-state index contributed by atoms with van der Waals surface area (Å²) < 4.78 is 5.23. The van der Waals surface area contributed by atoms with Gasteiger partial charge >= 0.3 is 5.97 Å². The Morgan fingerprint density at radius 3 is 2.73 bits per heavy atom. The highest BCUT2D eigenvalue weighted by Crippen LogP contribution is 2.41. The summed E-state index contributed by atoms with van der Waals surface area (Å²) >= 11 is 1.65. The monoisotopic (exact) mass is 315 g/mol. The summed E-state index contributed by atoms with van der Waals surface area (Å²) in [5.41, 5.74) is 2.62. The summed E-state index contributed by atoms with van der Waals surface area (Å²) in [6.45, 7) is 6.08. The number of hydrogen-bond donors (Lipinski definition) is 0. The van der Waals surface area contributed by atoms with Gasteiger partial charge in [-0.25, -0.2) is 0 Å². The largest absolute Gasteiger partial charge is 0.465 e. The molecule has 0 aliphatic heterocycles. The first-order valence-electron chi connectivity index (χ1n) is 7.75. The molecule has 0 amide bonds. The van der Waals surface area contributed by atoms with Gasteiger partial charge in [-0.1, -0.05) is 6.07 Å². The molecule has 3 rings (SSSR count). The fourth-order valence-corrected chi connectivity index (χ4v) is 3.65. The molecule has 4 heteroatoms. The molecular weight excluding hydrogens is 294 g/mol. The highest BCUT2D eigenvalue weighted by atomic mass is 32.1. The molecule has 1 saturated carbocycles. The first-order chi connectivity index (χ1) is 10.5. The molecule has 0 N–H and O–H groups in total. The fraction of sp³-hybridized carbons (Fsp3) is 0.444. The highest BCUT2D eigenvalue weighted by Gasteiger charge is 2.34. The maximum atomic E-state index is 12.3.